The van der Waals surface area contributed by atoms with Crippen LogP contribution in [0.15, 0.2) is 58.3 Å². The molecule has 4 rings (SSSR count). The number of benzene rings is 1. The van der Waals surface area contributed by atoms with Gasteiger partial charge in [0.15, 0.2) is 6.04 Å². The van der Waals surface area contributed by atoms with Crippen LogP contribution >= 0.6 is 11.3 Å². The molecular weight excluding hydrogens is 450 g/mol. The van der Waals surface area contributed by atoms with Crippen LogP contribution in [-0.2, 0) is 9.59 Å². The Morgan fingerprint density at radius 3 is 2.41 bits per heavy atom. The number of nitrogens with zero attached hydrogens (tertiary/aromatic N) is 1. The van der Waals surface area contributed by atoms with E-state index in [1.165, 1.54) is 16.2 Å². The van der Waals surface area contributed by atoms with Crippen LogP contribution in [0.3, 0.4) is 0 Å². The van der Waals surface area contributed by atoms with E-state index in [0.717, 1.165) is 31.2 Å². The lowest BCUT2D eigenvalue weighted by atomic mass is 10.1. The molecule has 7 nitrogen and oxygen atoms in total. The minimum Gasteiger partial charge on any atom is -0.464 e. The van der Waals surface area contributed by atoms with Gasteiger partial charge in [0.1, 0.15) is 11.5 Å². The molecule has 2 aromatic heterocycles. The summed E-state index contributed by atoms with van der Waals surface area (Å²) in [6.07, 6.45) is 3.99. The van der Waals surface area contributed by atoms with Crippen LogP contribution in [0.4, 0.5) is 5.69 Å². The molecule has 0 aliphatic heterocycles. The number of hydrogen-bond donors (Lipinski definition) is 2. The summed E-state index contributed by atoms with van der Waals surface area (Å²) in [4.78, 5) is 41.5. The van der Waals surface area contributed by atoms with Crippen molar-refractivity contribution < 1.29 is 18.8 Å². The van der Waals surface area contributed by atoms with Crippen molar-refractivity contribution in [2.75, 3.05) is 11.4 Å². The lowest BCUT2D eigenvalue weighted by Crippen LogP contribution is -2.49. The van der Waals surface area contributed by atoms with Crippen LogP contribution < -0.4 is 15.5 Å². The molecule has 1 saturated carbocycles. The highest BCUT2D eigenvalue weighted by Gasteiger charge is 2.36. The molecule has 0 radical (unpaired) electrons. The first-order chi connectivity index (χ1) is 16.4. The van der Waals surface area contributed by atoms with Gasteiger partial charge in [0.25, 0.3) is 11.8 Å². The monoisotopic (exact) mass is 479 g/mol. The molecule has 1 fully saturated rings. The van der Waals surface area contributed by atoms with Crippen molar-refractivity contribution in [2.24, 2.45) is 0 Å². The standard InChI is InChI=1S/C26H29N3O4S/c1-17-9-12-20(13-10-17)29(23(30)16-27-25(31)22-8-5-15-34-22)24(21-14-11-18(2)33-21)26(32)28-19-6-3-4-7-19/h5,8-15,19,24H,3-4,6-7,16H2,1-2H3,(H,27,31)(H,28,32)/t24-/m0/s1. The molecule has 1 atom stereocenters. The maximum absolute atomic E-state index is 13.6. The van der Waals surface area contributed by atoms with Crippen LogP contribution in [0.25, 0.3) is 0 Å². The largest absolute Gasteiger partial charge is 0.464 e. The first-order valence-corrected chi connectivity index (χ1v) is 12.4. The summed E-state index contributed by atoms with van der Waals surface area (Å²) in [5, 5.41) is 7.60. The Morgan fingerprint density at radius 1 is 1.06 bits per heavy atom. The molecule has 1 aliphatic carbocycles. The van der Waals surface area contributed by atoms with Gasteiger partial charge in [-0.15, -0.1) is 11.3 Å². The third-order valence-electron chi connectivity index (χ3n) is 5.96. The number of furan rings is 1. The quantitative estimate of drug-likeness (QED) is 0.497. The summed E-state index contributed by atoms with van der Waals surface area (Å²) < 4.78 is 5.85. The highest BCUT2D eigenvalue weighted by Crippen LogP contribution is 2.30. The summed E-state index contributed by atoms with van der Waals surface area (Å²) >= 11 is 1.30. The molecule has 0 bridgehead atoms. The third-order valence-corrected chi connectivity index (χ3v) is 6.83. The van der Waals surface area contributed by atoms with Crippen molar-refractivity contribution >= 4 is 34.7 Å². The fourth-order valence-corrected chi connectivity index (χ4v) is 4.84. The van der Waals surface area contributed by atoms with E-state index in [9.17, 15) is 14.4 Å². The van der Waals surface area contributed by atoms with Crippen molar-refractivity contribution in [2.45, 2.75) is 51.6 Å². The minimum absolute atomic E-state index is 0.0829. The van der Waals surface area contributed by atoms with Crippen LogP contribution in [0.5, 0.6) is 0 Å². The molecule has 1 aromatic carbocycles. The van der Waals surface area contributed by atoms with Gasteiger partial charge >= 0.3 is 0 Å². The van der Waals surface area contributed by atoms with Crippen molar-refractivity contribution in [1.29, 1.82) is 0 Å². The normalized spacial score (nSPS) is 14.5. The number of hydrogen-bond acceptors (Lipinski definition) is 5. The van der Waals surface area contributed by atoms with E-state index >= 15 is 0 Å². The summed E-state index contributed by atoms with van der Waals surface area (Å²) in [5.74, 6) is 0.00428. The summed E-state index contributed by atoms with van der Waals surface area (Å²) in [5.41, 5.74) is 1.59. The Morgan fingerprint density at radius 2 is 1.79 bits per heavy atom. The molecule has 3 amide bonds. The SMILES string of the molecule is Cc1ccc(N(C(=O)CNC(=O)c2cccs2)[C@H](C(=O)NC2CCCC2)c2ccc(C)o2)cc1. The van der Waals surface area contributed by atoms with E-state index in [1.54, 1.807) is 48.7 Å². The van der Waals surface area contributed by atoms with E-state index in [-0.39, 0.29) is 24.4 Å². The molecule has 0 spiro atoms. The van der Waals surface area contributed by atoms with Crippen LogP contribution in [0.1, 0.15) is 58.5 Å². The van der Waals surface area contributed by atoms with Gasteiger partial charge in [0.05, 0.1) is 11.4 Å². The zero-order valence-corrected chi connectivity index (χ0v) is 20.2. The Kier molecular flexibility index (Phi) is 7.47. The number of thiophene rings is 1. The Hall–Kier alpha value is -3.39. The number of aryl methyl sites for hydroxylation is 2. The second-order valence-corrected chi connectivity index (χ2v) is 9.55. The zero-order chi connectivity index (χ0) is 24.1. The lowest BCUT2D eigenvalue weighted by molar-refractivity contribution is -0.127. The topological polar surface area (TPSA) is 91.7 Å². The molecule has 178 valence electrons. The average Bonchev–Trinajstić information content (AvgIpc) is 3.60. The van der Waals surface area contributed by atoms with Crippen LogP contribution in [0.2, 0.25) is 0 Å². The molecule has 0 saturated heterocycles. The first kappa shape index (κ1) is 23.8. The highest BCUT2D eigenvalue weighted by molar-refractivity contribution is 7.12. The van der Waals surface area contributed by atoms with Gasteiger partial charge in [-0.2, -0.15) is 0 Å². The summed E-state index contributed by atoms with van der Waals surface area (Å²) in [6, 6.07) is 13.5. The minimum atomic E-state index is -0.997. The Bertz CT molecular complexity index is 1130. The van der Waals surface area contributed by atoms with Gasteiger partial charge in [0, 0.05) is 11.7 Å². The second kappa shape index (κ2) is 10.7. The molecule has 34 heavy (non-hydrogen) atoms. The highest BCUT2D eigenvalue weighted by atomic mass is 32.1. The van der Waals surface area contributed by atoms with Gasteiger partial charge in [-0.25, -0.2) is 0 Å². The maximum atomic E-state index is 13.6. The van der Waals surface area contributed by atoms with Crippen molar-refractivity contribution in [1.82, 2.24) is 10.6 Å². The van der Waals surface area contributed by atoms with E-state index in [4.69, 9.17) is 4.42 Å². The summed E-state index contributed by atoms with van der Waals surface area (Å²) in [6.45, 7) is 3.50. The molecule has 3 aromatic rings. The predicted molar refractivity (Wildman–Crippen MR) is 132 cm³/mol. The molecule has 2 heterocycles. The van der Waals surface area contributed by atoms with Crippen LogP contribution in [0, 0.1) is 13.8 Å². The van der Waals surface area contributed by atoms with Gasteiger partial charge in [-0.05, 0) is 62.4 Å². The van der Waals surface area contributed by atoms with Gasteiger partial charge in [-0.1, -0.05) is 36.6 Å². The van der Waals surface area contributed by atoms with Gasteiger partial charge in [0.2, 0.25) is 5.91 Å². The van der Waals surface area contributed by atoms with E-state index in [0.29, 0.717) is 22.1 Å². The first-order valence-electron chi connectivity index (χ1n) is 11.5. The Balaban J connectivity index is 1.65. The van der Waals surface area contributed by atoms with Gasteiger partial charge < -0.3 is 15.1 Å². The number of carbonyl (C=O) groups is 3. The zero-order valence-electron chi connectivity index (χ0n) is 19.4. The van der Waals surface area contributed by atoms with Crippen molar-refractivity contribution in [3.63, 3.8) is 0 Å². The average molecular weight is 480 g/mol. The fraction of sp³-hybridized carbons (Fsp3) is 0.346. The number of carbonyl (C=O) groups excluding carboxylic acids is 3. The number of rotatable bonds is 8. The van der Waals surface area contributed by atoms with E-state index in [1.807, 2.05) is 19.1 Å². The van der Waals surface area contributed by atoms with E-state index in [2.05, 4.69) is 10.6 Å². The van der Waals surface area contributed by atoms with Gasteiger partial charge in [-0.3, -0.25) is 19.3 Å². The molecule has 8 heteroatoms. The van der Waals surface area contributed by atoms with Crippen LogP contribution in [-0.4, -0.2) is 30.3 Å². The molecule has 2 N–H and O–H groups in total. The van der Waals surface area contributed by atoms with Crippen molar-refractivity contribution in [3.05, 3.63) is 75.9 Å². The number of anilines is 1. The third kappa shape index (κ3) is 5.56. The number of amides is 3. The van der Waals surface area contributed by atoms with Crippen molar-refractivity contribution in [3.8, 4) is 0 Å². The molecule has 0 unspecified atom stereocenters. The summed E-state index contributed by atoms with van der Waals surface area (Å²) in [7, 11) is 0. The lowest BCUT2D eigenvalue weighted by Gasteiger charge is -2.31. The fourth-order valence-electron chi connectivity index (χ4n) is 4.20. The predicted octanol–water partition coefficient (Wildman–Crippen LogP) is 4.52. The van der Waals surface area contributed by atoms with E-state index < -0.39 is 11.9 Å². The maximum Gasteiger partial charge on any atom is 0.261 e. The second-order valence-electron chi connectivity index (χ2n) is 8.60. The smallest absolute Gasteiger partial charge is 0.261 e. The molecule has 1 aliphatic rings. The molecular formula is C26H29N3O4S. The number of nitrogens with one attached hydrogen (secondary N) is 2. The Labute approximate surface area is 203 Å².